The fourth-order valence-electron chi connectivity index (χ4n) is 3.64. The van der Waals surface area contributed by atoms with Gasteiger partial charge in [0.1, 0.15) is 22.1 Å². The maximum absolute atomic E-state index is 13.1. The zero-order valence-corrected chi connectivity index (χ0v) is 21.9. The van der Waals surface area contributed by atoms with Crippen LogP contribution in [0, 0.1) is 0 Å². The van der Waals surface area contributed by atoms with Gasteiger partial charge in [0, 0.05) is 24.3 Å². The number of rotatable bonds is 6. The zero-order chi connectivity index (χ0) is 29.3. The molecule has 39 heavy (non-hydrogen) atoms. The van der Waals surface area contributed by atoms with Crippen LogP contribution in [-0.4, -0.2) is 62.6 Å². The Kier molecular flexibility index (Phi) is 6.46. The standard InChI is InChI=1S/C20H14O15S4/c21-15-5-11(36(24,25)26)1-9-4-14(7-16(22)19(9)15)39(33,34)35-18-8-13(38(30,31)32)3-10-2-12(37(27,28)29)6-17(23)20(10)18/h1-8,21-23H,(H,24,25,26)(H,27,28,29)(H,30,31,32). The van der Waals surface area contributed by atoms with E-state index in [2.05, 4.69) is 0 Å². The summed E-state index contributed by atoms with van der Waals surface area (Å²) >= 11 is 0. The second-order valence-electron chi connectivity index (χ2n) is 7.91. The van der Waals surface area contributed by atoms with Crippen molar-refractivity contribution in [2.75, 3.05) is 0 Å². The molecular weight excluding hydrogens is 608 g/mol. The molecule has 0 radical (unpaired) electrons. The molecule has 0 saturated carbocycles. The smallest absolute Gasteiger partial charge is 0.339 e. The van der Waals surface area contributed by atoms with Crippen molar-refractivity contribution in [1.82, 2.24) is 0 Å². The van der Waals surface area contributed by atoms with Crippen molar-refractivity contribution in [2.24, 2.45) is 0 Å². The summed E-state index contributed by atoms with van der Waals surface area (Å²) in [5, 5.41) is 28.9. The number of hydrogen-bond acceptors (Lipinski definition) is 12. The van der Waals surface area contributed by atoms with Crippen LogP contribution in [0.2, 0.25) is 0 Å². The second-order valence-corrected chi connectivity index (χ2v) is 13.7. The molecule has 0 aliphatic carbocycles. The first kappa shape index (κ1) is 28.3. The summed E-state index contributed by atoms with van der Waals surface area (Å²) in [6, 6.07) is 4.91. The molecule has 208 valence electrons. The van der Waals surface area contributed by atoms with Gasteiger partial charge in [0.2, 0.25) is 0 Å². The summed E-state index contributed by atoms with van der Waals surface area (Å²) in [5.41, 5.74) is 0. The number of fused-ring (bicyclic) bond motifs is 2. The summed E-state index contributed by atoms with van der Waals surface area (Å²) in [4.78, 5) is -3.66. The van der Waals surface area contributed by atoms with Crippen LogP contribution in [0.1, 0.15) is 0 Å². The number of hydrogen-bond donors (Lipinski definition) is 6. The lowest BCUT2D eigenvalue weighted by Crippen LogP contribution is -2.11. The van der Waals surface area contributed by atoms with Crippen LogP contribution in [0.5, 0.6) is 23.0 Å². The lowest BCUT2D eigenvalue weighted by molar-refractivity contribution is 0.456. The molecule has 0 aromatic heterocycles. The van der Waals surface area contributed by atoms with Gasteiger partial charge in [-0.05, 0) is 35.0 Å². The van der Waals surface area contributed by atoms with Crippen LogP contribution in [-0.2, 0) is 40.5 Å². The SMILES string of the molecule is O=S(=O)(O)c1cc(O)c2c(O)cc(S(=O)(=O)Oc3cc(S(=O)(=O)O)cc4cc(S(=O)(=O)O)cc(O)c34)cc2c1. The van der Waals surface area contributed by atoms with E-state index in [-0.39, 0.29) is 0 Å². The molecule has 0 heterocycles. The molecule has 0 bridgehead atoms. The van der Waals surface area contributed by atoms with Gasteiger partial charge in [-0.15, -0.1) is 0 Å². The lowest BCUT2D eigenvalue weighted by atomic mass is 10.1. The third-order valence-corrected chi connectivity index (χ3v) is 8.98. The Balaban J connectivity index is 1.98. The van der Waals surface area contributed by atoms with E-state index < -0.39 is 105 Å². The fourth-order valence-corrected chi connectivity index (χ4v) is 6.24. The third kappa shape index (κ3) is 5.41. The van der Waals surface area contributed by atoms with E-state index in [9.17, 15) is 62.6 Å². The van der Waals surface area contributed by atoms with Crippen molar-refractivity contribution < 1.29 is 66.8 Å². The Bertz CT molecular complexity index is 2150. The number of phenolic OH excluding ortho intramolecular Hbond substituents is 3. The van der Waals surface area contributed by atoms with Crippen LogP contribution in [0.4, 0.5) is 0 Å². The highest BCUT2D eigenvalue weighted by atomic mass is 32.2. The van der Waals surface area contributed by atoms with Gasteiger partial charge in [-0.25, -0.2) is 0 Å². The van der Waals surface area contributed by atoms with E-state index in [0.717, 1.165) is 12.1 Å². The Labute approximate surface area is 219 Å². The Morgan fingerprint density at radius 1 is 0.462 bits per heavy atom. The summed E-state index contributed by atoms with van der Waals surface area (Å²) in [7, 11) is -20.0. The predicted octanol–water partition coefficient (Wildman–Crippen LogP) is 1.62. The van der Waals surface area contributed by atoms with Gasteiger partial charge in [0.15, 0.2) is 5.75 Å². The number of benzene rings is 4. The average Bonchev–Trinajstić information content (AvgIpc) is 2.75. The first-order valence-corrected chi connectivity index (χ1v) is 15.6. The van der Waals surface area contributed by atoms with Crippen LogP contribution in [0.25, 0.3) is 21.5 Å². The van der Waals surface area contributed by atoms with Crippen molar-refractivity contribution >= 4 is 62.0 Å². The summed E-state index contributed by atoms with van der Waals surface area (Å²) in [6.45, 7) is 0. The summed E-state index contributed by atoms with van der Waals surface area (Å²) < 4.78 is 129. The average molecular weight is 623 g/mol. The number of aromatic hydroxyl groups is 3. The monoisotopic (exact) mass is 622 g/mol. The first-order chi connectivity index (χ1) is 17.7. The zero-order valence-electron chi connectivity index (χ0n) is 18.6. The van der Waals surface area contributed by atoms with E-state index in [1.165, 1.54) is 0 Å². The summed E-state index contributed by atoms with van der Waals surface area (Å²) in [5.74, 6) is -3.66. The molecule has 4 rings (SSSR count). The molecule has 0 aliphatic heterocycles. The molecule has 0 unspecified atom stereocenters. The van der Waals surface area contributed by atoms with Crippen molar-refractivity contribution in [3.05, 3.63) is 48.5 Å². The molecule has 4 aromatic carbocycles. The maximum atomic E-state index is 13.1. The van der Waals surface area contributed by atoms with E-state index in [1.54, 1.807) is 0 Å². The molecule has 4 aromatic rings. The first-order valence-electron chi connectivity index (χ1n) is 9.86. The Hall–Kier alpha value is -3.72. The quantitative estimate of drug-likeness (QED) is 0.132. The van der Waals surface area contributed by atoms with Gasteiger partial charge < -0.3 is 19.5 Å². The lowest BCUT2D eigenvalue weighted by Gasteiger charge is -2.14. The highest BCUT2D eigenvalue weighted by Crippen LogP contribution is 2.41. The molecule has 6 N–H and O–H groups in total. The van der Waals surface area contributed by atoms with Crippen LogP contribution in [0.15, 0.2) is 68.1 Å². The van der Waals surface area contributed by atoms with Gasteiger partial charge in [0.05, 0.1) is 25.5 Å². The van der Waals surface area contributed by atoms with Crippen molar-refractivity contribution in [2.45, 2.75) is 19.6 Å². The molecule has 0 spiro atoms. The maximum Gasteiger partial charge on any atom is 0.339 e. The fraction of sp³-hybridized carbons (Fsp3) is 0. The van der Waals surface area contributed by atoms with Gasteiger partial charge in [-0.1, -0.05) is 0 Å². The van der Waals surface area contributed by atoms with Crippen molar-refractivity contribution in [3.8, 4) is 23.0 Å². The minimum Gasteiger partial charge on any atom is -0.507 e. The molecule has 0 saturated heterocycles. The molecule has 0 aliphatic rings. The predicted molar refractivity (Wildman–Crippen MR) is 130 cm³/mol. The van der Waals surface area contributed by atoms with Gasteiger partial charge in [0.25, 0.3) is 30.4 Å². The van der Waals surface area contributed by atoms with E-state index in [1.807, 2.05) is 0 Å². The minimum absolute atomic E-state index is 0.401. The van der Waals surface area contributed by atoms with Crippen LogP contribution in [0.3, 0.4) is 0 Å². The summed E-state index contributed by atoms with van der Waals surface area (Å²) in [6.07, 6.45) is 0. The van der Waals surface area contributed by atoms with Gasteiger partial charge >= 0.3 is 10.1 Å². The Morgan fingerprint density at radius 2 is 0.795 bits per heavy atom. The van der Waals surface area contributed by atoms with E-state index >= 15 is 0 Å². The second kappa shape index (κ2) is 8.91. The number of phenols is 3. The largest absolute Gasteiger partial charge is 0.507 e. The molecule has 0 atom stereocenters. The molecule has 0 fully saturated rings. The minimum atomic E-state index is -5.11. The molecule has 19 heteroatoms. The van der Waals surface area contributed by atoms with Crippen molar-refractivity contribution in [1.29, 1.82) is 0 Å². The normalized spacial score (nSPS) is 13.1. The molecule has 15 nitrogen and oxygen atoms in total. The van der Waals surface area contributed by atoms with E-state index in [0.29, 0.717) is 36.4 Å². The third-order valence-electron chi connectivity index (χ3n) is 5.28. The van der Waals surface area contributed by atoms with E-state index in [4.69, 9.17) is 4.18 Å². The van der Waals surface area contributed by atoms with Gasteiger partial charge in [-0.2, -0.15) is 33.7 Å². The van der Waals surface area contributed by atoms with Gasteiger partial charge in [-0.3, -0.25) is 13.7 Å². The topological polar surface area (TPSA) is 267 Å². The van der Waals surface area contributed by atoms with Crippen LogP contribution < -0.4 is 4.18 Å². The highest BCUT2D eigenvalue weighted by Gasteiger charge is 2.26. The molecule has 0 amide bonds. The molecular formula is C20H14O15S4. The van der Waals surface area contributed by atoms with Crippen molar-refractivity contribution in [3.63, 3.8) is 0 Å². The Morgan fingerprint density at radius 3 is 1.23 bits per heavy atom. The van der Waals surface area contributed by atoms with Crippen LogP contribution >= 0.6 is 0 Å². The highest BCUT2D eigenvalue weighted by molar-refractivity contribution is 7.87.